The van der Waals surface area contributed by atoms with Crippen molar-refractivity contribution in [3.05, 3.63) is 23.2 Å². The van der Waals surface area contributed by atoms with E-state index < -0.39 is 15.8 Å². The molecule has 20 heavy (non-hydrogen) atoms. The first-order chi connectivity index (χ1) is 9.22. The highest BCUT2D eigenvalue weighted by atomic mass is 35.6. The second-order valence-corrected chi connectivity index (χ2v) is 6.67. The zero-order valence-electron chi connectivity index (χ0n) is 10.2. The standard InChI is InChI=1S/C11H13Cl4N3O2/c12-6-1-7(17-5-9(19)4-16)3-8(2-6)18-10(20)11(13,14)15/h1-3,9,17,19H,4-5,16H2,(H,18,20). The Kier molecular flexibility index (Phi) is 6.64. The lowest BCUT2D eigenvalue weighted by Crippen LogP contribution is -2.28. The third kappa shape index (κ3) is 5.91. The summed E-state index contributed by atoms with van der Waals surface area (Å²) in [4.78, 5) is 11.5. The number of alkyl halides is 3. The molecule has 1 atom stereocenters. The minimum absolute atomic E-state index is 0.129. The molecule has 0 aromatic heterocycles. The number of hydrogen-bond donors (Lipinski definition) is 4. The normalized spacial score (nSPS) is 12.9. The highest BCUT2D eigenvalue weighted by Crippen LogP contribution is 2.29. The molecular formula is C11H13Cl4N3O2. The summed E-state index contributed by atoms with van der Waals surface area (Å²) in [5.74, 6) is -0.794. The Labute approximate surface area is 136 Å². The van der Waals surface area contributed by atoms with Gasteiger partial charge in [-0.05, 0) is 18.2 Å². The van der Waals surface area contributed by atoms with Gasteiger partial charge in [-0.15, -0.1) is 0 Å². The van der Waals surface area contributed by atoms with E-state index in [1.54, 1.807) is 12.1 Å². The Balaban J connectivity index is 2.78. The molecule has 0 spiro atoms. The fourth-order valence-electron chi connectivity index (χ4n) is 1.28. The first kappa shape index (κ1) is 17.6. The Morgan fingerprint density at radius 1 is 1.30 bits per heavy atom. The van der Waals surface area contributed by atoms with E-state index in [1.165, 1.54) is 6.07 Å². The average molecular weight is 361 g/mol. The molecule has 1 rings (SSSR count). The van der Waals surface area contributed by atoms with Crippen LogP contribution in [0.4, 0.5) is 11.4 Å². The van der Waals surface area contributed by atoms with Crippen LogP contribution >= 0.6 is 46.4 Å². The van der Waals surface area contributed by atoms with Gasteiger partial charge in [0.2, 0.25) is 0 Å². The molecule has 0 fully saturated rings. The van der Waals surface area contributed by atoms with E-state index in [9.17, 15) is 9.90 Å². The van der Waals surface area contributed by atoms with Crippen LogP contribution in [-0.4, -0.2) is 34.0 Å². The fourth-order valence-corrected chi connectivity index (χ4v) is 1.66. The number of benzene rings is 1. The molecule has 0 saturated carbocycles. The van der Waals surface area contributed by atoms with Crippen molar-refractivity contribution < 1.29 is 9.90 Å². The Hall–Kier alpha value is -0.430. The number of nitrogens with one attached hydrogen (secondary N) is 2. The summed E-state index contributed by atoms with van der Waals surface area (Å²) in [5, 5.41) is 15.1. The van der Waals surface area contributed by atoms with Gasteiger partial charge in [0.25, 0.3) is 9.70 Å². The van der Waals surface area contributed by atoms with E-state index in [0.29, 0.717) is 16.4 Å². The number of rotatable bonds is 5. The van der Waals surface area contributed by atoms with E-state index in [4.69, 9.17) is 52.1 Å². The zero-order valence-corrected chi connectivity index (χ0v) is 13.2. The van der Waals surface area contributed by atoms with Crippen molar-refractivity contribution in [3.8, 4) is 0 Å². The first-order valence-corrected chi connectivity index (χ1v) is 7.04. The van der Waals surface area contributed by atoms with Gasteiger partial charge in [-0.2, -0.15) is 0 Å². The van der Waals surface area contributed by atoms with Crippen LogP contribution in [0.15, 0.2) is 18.2 Å². The Morgan fingerprint density at radius 2 is 1.90 bits per heavy atom. The lowest BCUT2D eigenvalue weighted by Gasteiger charge is -2.14. The van der Waals surface area contributed by atoms with Gasteiger partial charge in [-0.1, -0.05) is 46.4 Å². The average Bonchev–Trinajstić information content (AvgIpc) is 2.34. The molecule has 1 aromatic carbocycles. The van der Waals surface area contributed by atoms with Crippen molar-refractivity contribution in [2.24, 2.45) is 5.73 Å². The third-order valence-corrected chi connectivity index (χ3v) is 2.96. The molecule has 0 bridgehead atoms. The van der Waals surface area contributed by atoms with Gasteiger partial charge in [0.05, 0.1) is 6.10 Å². The molecule has 0 radical (unpaired) electrons. The van der Waals surface area contributed by atoms with Gasteiger partial charge < -0.3 is 21.5 Å². The molecule has 5 N–H and O–H groups in total. The molecule has 0 aliphatic carbocycles. The van der Waals surface area contributed by atoms with Gasteiger partial charge in [-0.3, -0.25) is 4.79 Å². The summed E-state index contributed by atoms with van der Waals surface area (Å²) in [6.07, 6.45) is -0.687. The lowest BCUT2D eigenvalue weighted by molar-refractivity contribution is -0.115. The molecule has 1 amide bonds. The van der Waals surface area contributed by atoms with Crippen LogP contribution < -0.4 is 16.4 Å². The van der Waals surface area contributed by atoms with Gasteiger partial charge in [0.15, 0.2) is 0 Å². The predicted octanol–water partition coefficient (Wildman–Crippen LogP) is 2.38. The third-order valence-electron chi connectivity index (χ3n) is 2.23. The SMILES string of the molecule is NCC(O)CNc1cc(Cl)cc(NC(=O)C(Cl)(Cl)Cl)c1. The summed E-state index contributed by atoms with van der Waals surface area (Å²) >= 11 is 22.3. The highest BCUT2D eigenvalue weighted by Gasteiger charge is 2.30. The lowest BCUT2D eigenvalue weighted by atomic mass is 10.2. The fraction of sp³-hybridized carbons (Fsp3) is 0.364. The van der Waals surface area contributed by atoms with Gasteiger partial charge >= 0.3 is 0 Å². The summed E-state index contributed by atoms with van der Waals surface area (Å²) in [6.45, 7) is 0.374. The molecule has 0 aliphatic heterocycles. The molecular weight excluding hydrogens is 348 g/mol. The van der Waals surface area contributed by atoms with Crippen LogP contribution in [0, 0.1) is 0 Å². The molecule has 0 heterocycles. The summed E-state index contributed by atoms with van der Waals surface area (Å²) < 4.78 is -2.06. The minimum atomic E-state index is -2.06. The quantitative estimate of drug-likeness (QED) is 0.607. The van der Waals surface area contributed by atoms with Crippen molar-refractivity contribution in [3.63, 3.8) is 0 Å². The molecule has 1 unspecified atom stereocenters. The Morgan fingerprint density at radius 3 is 2.45 bits per heavy atom. The topological polar surface area (TPSA) is 87.4 Å². The summed E-state index contributed by atoms with van der Waals surface area (Å²) in [6, 6.07) is 4.71. The van der Waals surface area contributed by atoms with Gasteiger partial charge in [0.1, 0.15) is 0 Å². The molecule has 1 aromatic rings. The van der Waals surface area contributed by atoms with E-state index in [1.807, 2.05) is 0 Å². The number of halogens is 4. The van der Waals surface area contributed by atoms with E-state index >= 15 is 0 Å². The van der Waals surface area contributed by atoms with Gasteiger partial charge in [-0.25, -0.2) is 0 Å². The van der Waals surface area contributed by atoms with Crippen molar-refractivity contribution >= 4 is 63.7 Å². The van der Waals surface area contributed by atoms with Crippen molar-refractivity contribution in [2.45, 2.75) is 9.90 Å². The van der Waals surface area contributed by atoms with Crippen molar-refractivity contribution in [2.75, 3.05) is 23.7 Å². The van der Waals surface area contributed by atoms with E-state index in [0.717, 1.165) is 0 Å². The predicted molar refractivity (Wildman–Crippen MR) is 83.9 cm³/mol. The number of carbonyl (C=O) groups is 1. The van der Waals surface area contributed by atoms with Crippen LogP contribution in [0.25, 0.3) is 0 Å². The maximum Gasteiger partial charge on any atom is 0.276 e. The van der Waals surface area contributed by atoms with Crippen LogP contribution in [0.1, 0.15) is 0 Å². The van der Waals surface area contributed by atoms with Crippen molar-refractivity contribution in [1.82, 2.24) is 0 Å². The molecule has 112 valence electrons. The number of amides is 1. The number of nitrogens with two attached hydrogens (primary N) is 1. The van der Waals surface area contributed by atoms with E-state index in [-0.39, 0.29) is 13.1 Å². The maximum atomic E-state index is 11.5. The van der Waals surface area contributed by atoms with Crippen LogP contribution in [0.3, 0.4) is 0 Å². The number of carbonyl (C=O) groups excluding carboxylic acids is 1. The van der Waals surface area contributed by atoms with Crippen LogP contribution in [0.2, 0.25) is 5.02 Å². The Bertz CT molecular complexity index is 479. The van der Waals surface area contributed by atoms with Crippen LogP contribution in [0.5, 0.6) is 0 Å². The number of anilines is 2. The van der Waals surface area contributed by atoms with Gasteiger partial charge in [0, 0.05) is 29.5 Å². The molecule has 5 nitrogen and oxygen atoms in total. The number of aliphatic hydroxyl groups excluding tert-OH is 1. The van der Waals surface area contributed by atoms with E-state index in [2.05, 4.69) is 10.6 Å². The molecule has 9 heteroatoms. The smallest absolute Gasteiger partial charge is 0.276 e. The highest BCUT2D eigenvalue weighted by molar-refractivity contribution is 6.76. The zero-order chi connectivity index (χ0) is 15.3. The largest absolute Gasteiger partial charge is 0.390 e. The minimum Gasteiger partial charge on any atom is -0.390 e. The second-order valence-electron chi connectivity index (χ2n) is 3.95. The summed E-state index contributed by atoms with van der Waals surface area (Å²) in [5.41, 5.74) is 6.24. The monoisotopic (exact) mass is 359 g/mol. The number of aliphatic hydroxyl groups is 1. The number of hydrogen-bond acceptors (Lipinski definition) is 4. The second kappa shape index (κ2) is 7.54. The van der Waals surface area contributed by atoms with Crippen molar-refractivity contribution in [1.29, 1.82) is 0 Å². The maximum absolute atomic E-state index is 11.5. The first-order valence-electron chi connectivity index (χ1n) is 5.53. The molecule has 0 aliphatic rings. The van der Waals surface area contributed by atoms with Crippen LogP contribution in [-0.2, 0) is 4.79 Å². The molecule has 0 saturated heterocycles. The summed E-state index contributed by atoms with van der Waals surface area (Å²) in [7, 11) is 0.